The summed E-state index contributed by atoms with van der Waals surface area (Å²) < 4.78 is 0. The highest BCUT2D eigenvalue weighted by atomic mass is 32.1. The van der Waals surface area contributed by atoms with Gasteiger partial charge in [0.25, 0.3) is 0 Å². The van der Waals surface area contributed by atoms with Gasteiger partial charge in [0.05, 0.1) is 0 Å². The third-order valence-electron chi connectivity index (χ3n) is 2.97. The Balaban J connectivity index is 3.75. The lowest BCUT2D eigenvalue weighted by Crippen LogP contribution is -2.09. The van der Waals surface area contributed by atoms with Crippen LogP contribution in [0.2, 0.25) is 0 Å². The molecule has 0 aromatic carbocycles. The summed E-state index contributed by atoms with van der Waals surface area (Å²) >= 11 is 4.65. The number of thiol groups is 1. The summed E-state index contributed by atoms with van der Waals surface area (Å²) in [6.07, 6.45) is 7.32. The lowest BCUT2D eigenvalue weighted by atomic mass is 9.91. The molecule has 0 saturated carbocycles. The third-order valence-corrected chi connectivity index (χ3v) is 3.40. The maximum absolute atomic E-state index is 4.65. The molecule has 15 heavy (non-hydrogen) atoms. The summed E-state index contributed by atoms with van der Waals surface area (Å²) in [7, 11) is 0. The van der Waals surface area contributed by atoms with Crippen molar-refractivity contribution in [3.05, 3.63) is 11.6 Å². The summed E-state index contributed by atoms with van der Waals surface area (Å²) in [6.45, 7) is 11.3. The van der Waals surface area contributed by atoms with Crippen LogP contribution in [0.15, 0.2) is 11.6 Å². The second-order valence-electron chi connectivity index (χ2n) is 5.26. The van der Waals surface area contributed by atoms with Crippen LogP contribution >= 0.6 is 12.6 Å². The summed E-state index contributed by atoms with van der Waals surface area (Å²) in [5.74, 6) is 1.68. The first-order valence-corrected chi connectivity index (χ1v) is 6.78. The standard InChI is InChI=1S/C14H28S/c1-6-12(4)9-13(5)10-14(15)8-7-11(2)3/h7,12-15H,6,8-10H2,1-5H3. The van der Waals surface area contributed by atoms with E-state index in [0.717, 1.165) is 18.3 Å². The molecule has 0 N–H and O–H groups in total. The van der Waals surface area contributed by atoms with Crippen LogP contribution in [0.3, 0.4) is 0 Å². The van der Waals surface area contributed by atoms with Gasteiger partial charge >= 0.3 is 0 Å². The molecular weight excluding hydrogens is 200 g/mol. The molecule has 0 nitrogen and oxygen atoms in total. The van der Waals surface area contributed by atoms with Crippen LogP contribution in [0.4, 0.5) is 0 Å². The van der Waals surface area contributed by atoms with Crippen molar-refractivity contribution in [1.29, 1.82) is 0 Å². The van der Waals surface area contributed by atoms with Gasteiger partial charge in [-0.25, -0.2) is 0 Å². The van der Waals surface area contributed by atoms with E-state index in [1.807, 2.05) is 0 Å². The molecular formula is C14H28S. The summed E-state index contributed by atoms with van der Waals surface area (Å²) in [6, 6.07) is 0. The van der Waals surface area contributed by atoms with Crippen LogP contribution < -0.4 is 0 Å². The Kier molecular flexibility index (Phi) is 8.32. The lowest BCUT2D eigenvalue weighted by molar-refractivity contribution is 0.384. The molecule has 0 spiro atoms. The number of rotatable bonds is 7. The van der Waals surface area contributed by atoms with Crippen molar-refractivity contribution in [2.75, 3.05) is 0 Å². The summed E-state index contributed by atoms with van der Waals surface area (Å²) in [4.78, 5) is 0. The fraction of sp³-hybridized carbons (Fsp3) is 0.857. The van der Waals surface area contributed by atoms with E-state index < -0.39 is 0 Å². The monoisotopic (exact) mass is 228 g/mol. The normalized spacial score (nSPS) is 16.9. The van der Waals surface area contributed by atoms with Crippen LogP contribution in [0.5, 0.6) is 0 Å². The Labute approximate surface area is 102 Å². The zero-order valence-electron chi connectivity index (χ0n) is 11.1. The van der Waals surface area contributed by atoms with Gasteiger partial charge in [0.15, 0.2) is 0 Å². The van der Waals surface area contributed by atoms with Gasteiger partial charge in [-0.3, -0.25) is 0 Å². The van der Waals surface area contributed by atoms with Crippen molar-refractivity contribution in [3.63, 3.8) is 0 Å². The van der Waals surface area contributed by atoms with Gasteiger partial charge in [-0.2, -0.15) is 12.6 Å². The maximum Gasteiger partial charge on any atom is 0.00539 e. The Morgan fingerprint density at radius 1 is 1.13 bits per heavy atom. The lowest BCUT2D eigenvalue weighted by Gasteiger charge is -2.18. The SMILES string of the molecule is CCC(C)CC(C)CC(S)CC=C(C)C. The third kappa shape index (κ3) is 9.04. The first kappa shape index (κ1) is 15.1. The predicted octanol–water partition coefficient (Wildman–Crippen LogP) is 5.10. The van der Waals surface area contributed by atoms with Crippen molar-refractivity contribution < 1.29 is 0 Å². The van der Waals surface area contributed by atoms with E-state index in [1.165, 1.54) is 24.8 Å². The van der Waals surface area contributed by atoms with Crippen LogP contribution in [0, 0.1) is 11.8 Å². The van der Waals surface area contributed by atoms with E-state index in [4.69, 9.17) is 0 Å². The van der Waals surface area contributed by atoms with Gasteiger partial charge in [-0.15, -0.1) is 0 Å². The second kappa shape index (κ2) is 8.27. The minimum atomic E-state index is 0.541. The molecule has 0 amide bonds. The van der Waals surface area contributed by atoms with Crippen molar-refractivity contribution in [2.24, 2.45) is 11.8 Å². The van der Waals surface area contributed by atoms with E-state index in [1.54, 1.807) is 0 Å². The van der Waals surface area contributed by atoms with E-state index in [9.17, 15) is 0 Å². The van der Waals surface area contributed by atoms with Gasteiger partial charge < -0.3 is 0 Å². The zero-order valence-corrected chi connectivity index (χ0v) is 12.0. The molecule has 0 aliphatic heterocycles. The molecule has 0 rings (SSSR count). The molecule has 0 aromatic heterocycles. The summed E-state index contributed by atoms with van der Waals surface area (Å²) in [5.41, 5.74) is 1.41. The molecule has 0 saturated heterocycles. The molecule has 90 valence electrons. The molecule has 3 atom stereocenters. The van der Waals surface area contributed by atoms with Gasteiger partial charge in [0, 0.05) is 5.25 Å². The quantitative estimate of drug-likeness (QED) is 0.454. The highest BCUT2D eigenvalue weighted by Crippen LogP contribution is 2.22. The first-order chi connectivity index (χ1) is 6.95. The zero-order chi connectivity index (χ0) is 11.8. The molecule has 0 aliphatic rings. The van der Waals surface area contributed by atoms with E-state index in [2.05, 4.69) is 53.3 Å². The molecule has 0 aromatic rings. The van der Waals surface area contributed by atoms with Crippen molar-refractivity contribution >= 4 is 12.6 Å². The molecule has 1 heteroatoms. The van der Waals surface area contributed by atoms with E-state index in [0.29, 0.717) is 5.25 Å². The van der Waals surface area contributed by atoms with Gasteiger partial charge in [-0.05, 0) is 44.9 Å². The Morgan fingerprint density at radius 2 is 1.73 bits per heavy atom. The number of hydrogen-bond acceptors (Lipinski definition) is 1. The van der Waals surface area contributed by atoms with Crippen molar-refractivity contribution in [2.45, 2.75) is 65.6 Å². The Bertz CT molecular complexity index is 180. The highest BCUT2D eigenvalue weighted by Gasteiger charge is 2.11. The van der Waals surface area contributed by atoms with E-state index in [-0.39, 0.29) is 0 Å². The molecule has 0 bridgehead atoms. The Hall–Kier alpha value is 0.0900. The molecule has 0 aliphatic carbocycles. The summed E-state index contributed by atoms with van der Waals surface area (Å²) in [5, 5.41) is 0.541. The smallest absolute Gasteiger partial charge is 0.00539 e. The van der Waals surface area contributed by atoms with Crippen LogP contribution in [0.1, 0.15) is 60.3 Å². The number of hydrogen-bond donors (Lipinski definition) is 1. The maximum atomic E-state index is 4.65. The molecule has 0 heterocycles. The average molecular weight is 228 g/mol. The van der Waals surface area contributed by atoms with Gasteiger partial charge in [-0.1, -0.05) is 38.8 Å². The fourth-order valence-electron chi connectivity index (χ4n) is 1.88. The number of allylic oxidation sites excluding steroid dienone is 2. The average Bonchev–Trinajstić information content (AvgIpc) is 2.14. The van der Waals surface area contributed by atoms with E-state index >= 15 is 0 Å². The molecule has 0 radical (unpaired) electrons. The topological polar surface area (TPSA) is 0 Å². The molecule has 3 unspecified atom stereocenters. The minimum Gasteiger partial charge on any atom is -0.176 e. The Morgan fingerprint density at radius 3 is 2.20 bits per heavy atom. The van der Waals surface area contributed by atoms with Crippen LogP contribution in [-0.4, -0.2) is 5.25 Å². The highest BCUT2D eigenvalue weighted by molar-refractivity contribution is 7.80. The fourth-order valence-corrected chi connectivity index (χ4v) is 2.35. The largest absolute Gasteiger partial charge is 0.176 e. The van der Waals surface area contributed by atoms with Crippen molar-refractivity contribution in [1.82, 2.24) is 0 Å². The van der Waals surface area contributed by atoms with Gasteiger partial charge in [0.1, 0.15) is 0 Å². The van der Waals surface area contributed by atoms with Gasteiger partial charge in [0.2, 0.25) is 0 Å². The van der Waals surface area contributed by atoms with Crippen molar-refractivity contribution in [3.8, 4) is 0 Å². The second-order valence-corrected chi connectivity index (χ2v) is 5.99. The van der Waals surface area contributed by atoms with Crippen LogP contribution in [-0.2, 0) is 0 Å². The van der Waals surface area contributed by atoms with Crippen LogP contribution in [0.25, 0.3) is 0 Å². The predicted molar refractivity (Wildman–Crippen MR) is 74.7 cm³/mol. The first-order valence-electron chi connectivity index (χ1n) is 6.27. The minimum absolute atomic E-state index is 0.541. The molecule has 0 fully saturated rings.